The molecule has 0 spiro atoms. The zero-order chi connectivity index (χ0) is 15.6. The lowest BCUT2D eigenvalue weighted by molar-refractivity contribution is -0.187. The first kappa shape index (κ1) is 16.0. The van der Waals surface area contributed by atoms with Gasteiger partial charge in [0.25, 0.3) is 0 Å². The minimum absolute atomic E-state index is 0.0111. The van der Waals surface area contributed by atoms with Gasteiger partial charge in [0.1, 0.15) is 5.82 Å². The van der Waals surface area contributed by atoms with Crippen molar-refractivity contribution in [3.8, 4) is 0 Å². The lowest BCUT2D eigenvalue weighted by Gasteiger charge is -2.35. The quantitative estimate of drug-likeness (QED) is 0.781. The molecule has 1 amide bonds. The Morgan fingerprint density at radius 2 is 1.81 bits per heavy atom. The van der Waals surface area contributed by atoms with Gasteiger partial charge in [-0.15, -0.1) is 0 Å². The van der Waals surface area contributed by atoms with E-state index in [-0.39, 0.29) is 18.1 Å². The number of hydrogen-bond acceptors (Lipinski definition) is 2. The highest BCUT2D eigenvalue weighted by Gasteiger charge is 2.43. The highest BCUT2D eigenvalue weighted by Crippen LogP contribution is 2.22. The Balaban J connectivity index is 1.91. The molecule has 0 aliphatic carbocycles. The third-order valence-electron chi connectivity index (χ3n) is 3.31. The Hall–Kier alpha value is -1.34. The van der Waals surface area contributed by atoms with Crippen molar-refractivity contribution in [1.82, 2.24) is 9.80 Å². The van der Waals surface area contributed by atoms with Gasteiger partial charge in [0.2, 0.25) is 0 Å². The average molecular weight is 325 g/mol. The largest absolute Gasteiger partial charge is 0.471 e. The maximum Gasteiger partial charge on any atom is 0.471 e. The highest BCUT2D eigenvalue weighted by atomic mass is 35.5. The van der Waals surface area contributed by atoms with Crippen LogP contribution in [0.25, 0.3) is 0 Å². The molecule has 0 radical (unpaired) electrons. The molecular weight excluding hydrogens is 312 g/mol. The van der Waals surface area contributed by atoms with Crippen molar-refractivity contribution < 1.29 is 22.4 Å². The summed E-state index contributed by atoms with van der Waals surface area (Å²) in [6.45, 7) is 1.06. The topological polar surface area (TPSA) is 23.6 Å². The molecular formula is C13H13ClF4N2O. The van der Waals surface area contributed by atoms with Crippen molar-refractivity contribution in [3.05, 3.63) is 34.6 Å². The molecule has 3 nitrogen and oxygen atoms in total. The van der Waals surface area contributed by atoms with E-state index >= 15 is 0 Å². The minimum atomic E-state index is -4.83. The number of amides is 1. The molecule has 1 saturated heterocycles. The maximum absolute atomic E-state index is 12.9. The molecule has 0 aromatic heterocycles. The molecule has 1 aliphatic rings. The van der Waals surface area contributed by atoms with E-state index in [1.54, 1.807) is 6.07 Å². The molecule has 0 unspecified atom stereocenters. The van der Waals surface area contributed by atoms with Crippen LogP contribution in [0.4, 0.5) is 17.6 Å². The zero-order valence-corrected chi connectivity index (χ0v) is 11.7. The third-order valence-corrected chi connectivity index (χ3v) is 3.66. The van der Waals surface area contributed by atoms with Crippen molar-refractivity contribution in [1.29, 1.82) is 0 Å². The summed E-state index contributed by atoms with van der Waals surface area (Å²) < 4.78 is 49.9. The summed E-state index contributed by atoms with van der Waals surface area (Å²) in [5, 5.41) is 0.281. The van der Waals surface area contributed by atoms with E-state index in [2.05, 4.69) is 0 Å². The first-order valence-corrected chi connectivity index (χ1v) is 6.67. The van der Waals surface area contributed by atoms with Crippen LogP contribution in [0.1, 0.15) is 5.56 Å². The summed E-state index contributed by atoms with van der Waals surface area (Å²) in [4.78, 5) is 13.8. The van der Waals surface area contributed by atoms with Gasteiger partial charge in [0, 0.05) is 37.7 Å². The van der Waals surface area contributed by atoms with Crippen LogP contribution in [0.3, 0.4) is 0 Å². The van der Waals surface area contributed by atoms with Gasteiger partial charge in [-0.25, -0.2) is 4.39 Å². The van der Waals surface area contributed by atoms with Gasteiger partial charge >= 0.3 is 12.1 Å². The van der Waals surface area contributed by atoms with Gasteiger partial charge in [-0.2, -0.15) is 13.2 Å². The van der Waals surface area contributed by atoms with Crippen LogP contribution >= 0.6 is 11.6 Å². The van der Waals surface area contributed by atoms with Crippen molar-refractivity contribution in [2.75, 3.05) is 26.2 Å². The number of halogens is 5. The van der Waals surface area contributed by atoms with E-state index < -0.39 is 17.9 Å². The number of rotatable bonds is 2. The van der Waals surface area contributed by atoms with Gasteiger partial charge in [-0.3, -0.25) is 9.69 Å². The molecule has 0 N–H and O–H groups in total. The lowest BCUT2D eigenvalue weighted by atomic mass is 10.2. The first-order valence-electron chi connectivity index (χ1n) is 6.30. The fourth-order valence-corrected chi connectivity index (χ4v) is 2.41. The van der Waals surface area contributed by atoms with Crippen molar-refractivity contribution in [2.45, 2.75) is 12.7 Å². The molecule has 1 aromatic carbocycles. The molecule has 2 rings (SSSR count). The van der Waals surface area contributed by atoms with Gasteiger partial charge in [-0.05, 0) is 17.7 Å². The van der Waals surface area contributed by atoms with Crippen LogP contribution in [-0.4, -0.2) is 48.1 Å². The Morgan fingerprint density at radius 3 is 2.33 bits per heavy atom. The third kappa shape index (κ3) is 4.07. The Morgan fingerprint density at radius 1 is 1.19 bits per heavy atom. The second kappa shape index (κ2) is 6.19. The predicted octanol–water partition coefficient (Wildman–Crippen LogP) is 2.69. The number of piperazine rings is 1. The standard InChI is InChI=1S/C13H13ClF4N2O/c14-11-7-10(15)2-1-9(11)8-19-3-5-20(6-4-19)12(21)13(16,17)18/h1-2,7H,3-6,8H2. The summed E-state index contributed by atoms with van der Waals surface area (Å²) in [5.41, 5.74) is 0.702. The molecule has 1 heterocycles. The van der Waals surface area contributed by atoms with Gasteiger partial charge in [0.05, 0.1) is 0 Å². The van der Waals surface area contributed by atoms with Gasteiger partial charge in [0.15, 0.2) is 0 Å². The Labute approximate surface area is 124 Å². The number of carbonyl (C=O) groups excluding carboxylic acids is 1. The predicted molar refractivity (Wildman–Crippen MR) is 69.3 cm³/mol. The van der Waals surface area contributed by atoms with E-state index in [1.807, 2.05) is 4.90 Å². The molecule has 1 aromatic rings. The number of benzene rings is 1. The van der Waals surface area contributed by atoms with Crippen LogP contribution in [-0.2, 0) is 11.3 Å². The van der Waals surface area contributed by atoms with Crippen LogP contribution in [0.2, 0.25) is 5.02 Å². The van der Waals surface area contributed by atoms with E-state index in [0.29, 0.717) is 25.2 Å². The SMILES string of the molecule is O=C(N1CCN(Cc2ccc(F)cc2Cl)CC1)C(F)(F)F. The summed E-state index contributed by atoms with van der Waals surface area (Å²) in [5.74, 6) is -2.24. The molecule has 21 heavy (non-hydrogen) atoms. The van der Waals surface area contributed by atoms with Crippen LogP contribution < -0.4 is 0 Å². The van der Waals surface area contributed by atoms with Crippen molar-refractivity contribution in [2.24, 2.45) is 0 Å². The first-order chi connectivity index (χ1) is 9.77. The number of carbonyl (C=O) groups is 1. The molecule has 0 bridgehead atoms. The summed E-state index contributed by atoms with van der Waals surface area (Å²) in [7, 11) is 0. The second-order valence-electron chi connectivity index (χ2n) is 4.80. The van der Waals surface area contributed by atoms with Crippen LogP contribution in [0.5, 0.6) is 0 Å². The summed E-state index contributed by atoms with van der Waals surface area (Å²) >= 11 is 5.91. The number of hydrogen-bond donors (Lipinski definition) is 0. The maximum atomic E-state index is 12.9. The summed E-state index contributed by atoms with van der Waals surface area (Å²) in [6.07, 6.45) is -4.83. The zero-order valence-electron chi connectivity index (χ0n) is 11.0. The molecule has 116 valence electrons. The minimum Gasteiger partial charge on any atom is -0.332 e. The lowest BCUT2D eigenvalue weighted by Crippen LogP contribution is -2.52. The normalized spacial score (nSPS) is 17.1. The second-order valence-corrected chi connectivity index (χ2v) is 5.21. The number of nitrogens with zero attached hydrogens (tertiary/aromatic N) is 2. The molecule has 0 atom stereocenters. The van der Waals surface area contributed by atoms with E-state index in [9.17, 15) is 22.4 Å². The molecule has 8 heteroatoms. The molecule has 1 aliphatic heterocycles. The van der Waals surface area contributed by atoms with Gasteiger partial charge < -0.3 is 4.90 Å². The van der Waals surface area contributed by atoms with Gasteiger partial charge in [-0.1, -0.05) is 17.7 Å². The fraction of sp³-hybridized carbons (Fsp3) is 0.462. The number of alkyl halides is 3. The van der Waals surface area contributed by atoms with Crippen molar-refractivity contribution in [3.63, 3.8) is 0 Å². The van der Waals surface area contributed by atoms with E-state index in [0.717, 1.165) is 4.90 Å². The smallest absolute Gasteiger partial charge is 0.332 e. The Bertz CT molecular complexity index is 527. The van der Waals surface area contributed by atoms with E-state index in [1.165, 1.54) is 12.1 Å². The fourth-order valence-electron chi connectivity index (χ4n) is 2.18. The monoisotopic (exact) mass is 324 g/mol. The molecule has 1 fully saturated rings. The highest BCUT2D eigenvalue weighted by molar-refractivity contribution is 6.31. The van der Waals surface area contributed by atoms with E-state index in [4.69, 9.17) is 11.6 Å². The summed E-state index contributed by atoms with van der Waals surface area (Å²) in [6, 6.07) is 4.02. The molecule has 0 saturated carbocycles. The van der Waals surface area contributed by atoms with Crippen LogP contribution in [0.15, 0.2) is 18.2 Å². The average Bonchev–Trinajstić information content (AvgIpc) is 2.41. The van der Waals surface area contributed by atoms with Crippen LogP contribution in [0, 0.1) is 5.82 Å². The Kier molecular flexibility index (Phi) is 4.73. The van der Waals surface area contributed by atoms with Crippen molar-refractivity contribution >= 4 is 17.5 Å².